The molecule has 0 heterocycles. The summed E-state index contributed by atoms with van der Waals surface area (Å²) >= 11 is 15.6. The van der Waals surface area contributed by atoms with Crippen molar-refractivity contribution in [1.82, 2.24) is 0 Å². The largest absolute Gasteiger partial charge is 0.493 e. The van der Waals surface area contributed by atoms with E-state index in [9.17, 15) is 0 Å². The van der Waals surface area contributed by atoms with Crippen LogP contribution in [-0.4, -0.2) is 6.61 Å². The molecule has 0 spiro atoms. The maximum absolute atomic E-state index is 6.11. The minimum atomic E-state index is 0.647. The first-order chi connectivity index (χ1) is 9.60. The summed E-state index contributed by atoms with van der Waals surface area (Å²) in [7, 11) is 0. The van der Waals surface area contributed by atoms with E-state index in [-0.39, 0.29) is 0 Å². The number of ether oxygens (including phenoxy) is 1. The van der Waals surface area contributed by atoms with E-state index in [0.717, 1.165) is 21.5 Å². The summed E-state index contributed by atoms with van der Waals surface area (Å²) < 4.78 is 6.42. The SMILES string of the molecule is CCOc1ccc(CNc2cc(Cl)ccc2Cl)cc1Br. The molecular formula is C15H14BrCl2NO. The number of benzene rings is 2. The molecule has 0 atom stereocenters. The van der Waals surface area contributed by atoms with Crippen molar-refractivity contribution in [3.05, 3.63) is 56.5 Å². The normalized spacial score (nSPS) is 10.4. The fourth-order valence-electron chi connectivity index (χ4n) is 1.76. The summed E-state index contributed by atoms with van der Waals surface area (Å²) in [4.78, 5) is 0. The number of anilines is 1. The van der Waals surface area contributed by atoms with Crippen molar-refractivity contribution in [2.24, 2.45) is 0 Å². The smallest absolute Gasteiger partial charge is 0.133 e. The fraction of sp³-hybridized carbons (Fsp3) is 0.200. The Hall–Kier alpha value is -0.900. The van der Waals surface area contributed by atoms with Gasteiger partial charge in [-0.1, -0.05) is 29.3 Å². The minimum Gasteiger partial charge on any atom is -0.493 e. The molecule has 0 fully saturated rings. The molecule has 2 aromatic rings. The molecule has 0 aromatic heterocycles. The van der Waals surface area contributed by atoms with Crippen LogP contribution in [0.2, 0.25) is 10.0 Å². The molecule has 0 unspecified atom stereocenters. The lowest BCUT2D eigenvalue weighted by Crippen LogP contribution is -2.01. The second-order valence-electron chi connectivity index (χ2n) is 4.18. The van der Waals surface area contributed by atoms with Gasteiger partial charge in [-0.25, -0.2) is 0 Å². The Morgan fingerprint density at radius 2 is 1.95 bits per heavy atom. The molecule has 0 amide bonds. The number of hydrogen-bond acceptors (Lipinski definition) is 2. The first kappa shape index (κ1) is 15.5. The predicted molar refractivity (Wildman–Crippen MR) is 89.1 cm³/mol. The molecule has 106 valence electrons. The predicted octanol–water partition coefficient (Wildman–Crippen LogP) is 5.77. The molecule has 0 radical (unpaired) electrons. The quantitative estimate of drug-likeness (QED) is 0.717. The van der Waals surface area contributed by atoms with Crippen LogP contribution in [0.3, 0.4) is 0 Å². The van der Waals surface area contributed by atoms with Crippen molar-refractivity contribution >= 4 is 44.8 Å². The molecule has 2 nitrogen and oxygen atoms in total. The van der Waals surface area contributed by atoms with Crippen LogP contribution in [0, 0.1) is 0 Å². The average molecular weight is 375 g/mol. The standard InChI is InChI=1S/C15H14BrCl2NO/c1-2-20-15-6-3-10(7-12(15)16)9-19-14-8-11(17)4-5-13(14)18/h3-8,19H,2,9H2,1H3. The topological polar surface area (TPSA) is 21.3 Å². The van der Waals surface area contributed by atoms with Crippen LogP contribution in [-0.2, 0) is 6.54 Å². The van der Waals surface area contributed by atoms with Gasteiger partial charge in [-0.05, 0) is 58.7 Å². The van der Waals surface area contributed by atoms with Gasteiger partial charge in [0, 0.05) is 11.6 Å². The van der Waals surface area contributed by atoms with Gasteiger partial charge in [0.25, 0.3) is 0 Å². The van der Waals surface area contributed by atoms with E-state index in [1.807, 2.05) is 31.2 Å². The summed E-state index contributed by atoms with van der Waals surface area (Å²) in [6.07, 6.45) is 0. The van der Waals surface area contributed by atoms with Crippen molar-refractivity contribution < 1.29 is 4.74 Å². The Balaban J connectivity index is 2.07. The molecule has 0 aliphatic carbocycles. The summed E-state index contributed by atoms with van der Waals surface area (Å²) in [5.41, 5.74) is 1.94. The molecule has 20 heavy (non-hydrogen) atoms. The summed E-state index contributed by atoms with van der Waals surface area (Å²) in [5.74, 6) is 0.844. The lowest BCUT2D eigenvalue weighted by Gasteiger charge is -2.11. The van der Waals surface area contributed by atoms with Crippen molar-refractivity contribution in [1.29, 1.82) is 0 Å². The molecule has 1 N–H and O–H groups in total. The highest BCUT2D eigenvalue weighted by Crippen LogP contribution is 2.28. The van der Waals surface area contributed by atoms with E-state index in [0.29, 0.717) is 23.2 Å². The number of nitrogens with one attached hydrogen (secondary N) is 1. The molecule has 0 saturated carbocycles. The van der Waals surface area contributed by atoms with Crippen LogP contribution in [0.1, 0.15) is 12.5 Å². The van der Waals surface area contributed by atoms with Gasteiger partial charge in [0.2, 0.25) is 0 Å². The van der Waals surface area contributed by atoms with E-state index < -0.39 is 0 Å². The van der Waals surface area contributed by atoms with Gasteiger partial charge in [-0.3, -0.25) is 0 Å². The zero-order valence-electron chi connectivity index (χ0n) is 10.9. The third-order valence-electron chi connectivity index (χ3n) is 2.71. The maximum Gasteiger partial charge on any atom is 0.133 e. The zero-order chi connectivity index (χ0) is 14.5. The molecular weight excluding hydrogens is 361 g/mol. The summed E-state index contributed by atoms with van der Waals surface area (Å²) in [6.45, 7) is 3.27. The van der Waals surface area contributed by atoms with Crippen LogP contribution in [0.15, 0.2) is 40.9 Å². The highest BCUT2D eigenvalue weighted by Gasteiger charge is 2.04. The Kier molecular flexibility index (Phi) is 5.58. The number of rotatable bonds is 5. The van der Waals surface area contributed by atoms with Crippen molar-refractivity contribution in [3.8, 4) is 5.75 Å². The van der Waals surface area contributed by atoms with Crippen LogP contribution >= 0.6 is 39.1 Å². The Morgan fingerprint density at radius 1 is 1.15 bits per heavy atom. The Morgan fingerprint density at radius 3 is 2.65 bits per heavy atom. The minimum absolute atomic E-state index is 0.647. The molecule has 0 aliphatic rings. The van der Waals surface area contributed by atoms with E-state index in [4.69, 9.17) is 27.9 Å². The molecule has 5 heteroatoms. The highest BCUT2D eigenvalue weighted by molar-refractivity contribution is 9.10. The molecule has 2 rings (SSSR count). The van der Waals surface area contributed by atoms with Crippen LogP contribution in [0.25, 0.3) is 0 Å². The zero-order valence-corrected chi connectivity index (χ0v) is 14.0. The Labute approximate surface area is 137 Å². The van der Waals surface area contributed by atoms with Gasteiger partial charge < -0.3 is 10.1 Å². The van der Waals surface area contributed by atoms with E-state index in [2.05, 4.69) is 21.2 Å². The van der Waals surface area contributed by atoms with Gasteiger partial charge in [0.1, 0.15) is 5.75 Å². The van der Waals surface area contributed by atoms with Crippen LogP contribution in [0.4, 0.5) is 5.69 Å². The second-order valence-corrected chi connectivity index (χ2v) is 5.87. The number of hydrogen-bond donors (Lipinski definition) is 1. The molecule has 2 aromatic carbocycles. The van der Waals surface area contributed by atoms with Crippen molar-refractivity contribution in [3.63, 3.8) is 0 Å². The van der Waals surface area contributed by atoms with Gasteiger partial charge in [-0.2, -0.15) is 0 Å². The van der Waals surface area contributed by atoms with Gasteiger partial charge in [0.15, 0.2) is 0 Å². The monoisotopic (exact) mass is 373 g/mol. The highest BCUT2D eigenvalue weighted by atomic mass is 79.9. The van der Waals surface area contributed by atoms with Crippen LogP contribution in [0.5, 0.6) is 5.75 Å². The first-order valence-electron chi connectivity index (χ1n) is 6.20. The second kappa shape index (κ2) is 7.21. The fourth-order valence-corrected chi connectivity index (χ4v) is 2.65. The summed E-state index contributed by atoms with van der Waals surface area (Å²) in [5, 5.41) is 4.58. The van der Waals surface area contributed by atoms with Crippen molar-refractivity contribution in [2.75, 3.05) is 11.9 Å². The first-order valence-corrected chi connectivity index (χ1v) is 7.75. The lowest BCUT2D eigenvalue weighted by molar-refractivity contribution is 0.338. The molecule has 0 saturated heterocycles. The van der Waals surface area contributed by atoms with E-state index >= 15 is 0 Å². The number of halogens is 3. The van der Waals surface area contributed by atoms with Crippen LogP contribution < -0.4 is 10.1 Å². The summed E-state index contributed by atoms with van der Waals surface area (Å²) in [6, 6.07) is 11.3. The van der Waals surface area contributed by atoms with Gasteiger partial charge in [-0.15, -0.1) is 0 Å². The third kappa shape index (κ3) is 4.05. The molecule has 0 aliphatic heterocycles. The maximum atomic E-state index is 6.11. The molecule has 0 bridgehead atoms. The van der Waals surface area contributed by atoms with Crippen molar-refractivity contribution in [2.45, 2.75) is 13.5 Å². The van der Waals surface area contributed by atoms with Gasteiger partial charge in [0.05, 0.1) is 21.8 Å². The Bertz CT molecular complexity index is 604. The van der Waals surface area contributed by atoms with E-state index in [1.54, 1.807) is 12.1 Å². The van der Waals surface area contributed by atoms with E-state index in [1.165, 1.54) is 0 Å². The average Bonchev–Trinajstić information content (AvgIpc) is 2.43. The third-order valence-corrected chi connectivity index (χ3v) is 3.89. The van der Waals surface area contributed by atoms with Gasteiger partial charge >= 0.3 is 0 Å². The lowest BCUT2D eigenvalue weighted by atomic mass is 10.2.